The molecule has 1 atom stereocenters. The number of aryl methyl sites for hydroxylation is 1. The Kier molecular flexibility index (Phi) is 4.20. The predicted molar refractivity (Wildman–Crippen MR) is 86.9 cm³/mol. The van der Waals surface area contributed by atoms with E-state index in [2.05, 4.69) is 15.5 Å². The Balaban J connectivity index is 1.80. The van der Waals surface area contributed by atoms with E-state index in [0.29, 0.717) is 22.8 Å². The number of nitrogens with zero attached hydrogens (tertiary/aromatic N) is 4. The van der Waals surface area contributed by atoms with Crippen molar-refractivity contribution in [1.29, 1.82) is 0 Å². The molecule has 1 aliphatic heterocycles. The molecule has 0 aliphatic carbocycles. The van der Waals surface area contributed by atoms with Crippen molar-refractivity contribution in [2.24, 2.45) is 0 Å². The first-order valence-electron chi connectivity index (χ1n) is 7.73. The van der Waals surface area contributed by atoms with E-state index < -0.39 is 0 Å². The summed E-state index contributed by atoms with van der Waals surface area (Å²) in [5.74, 6) is 0.888. The summed E-state index contributed by atoms with van der Waals surface area (Å²) in [4.78, 5) is 25.7. The maximum Gasteiger partial charge on any atom is 0.264 e. The number of anilines is 1. The predicted octanol–water partition coefficient (Wildman–Crippen LogP) is 1.14. The number of hydrogen-bond acceptors (Lipinski definition) is 5. The van der Waals surface area contributed by atoms with Gasteiger partial charge in [0, 0.05) is 19.2 Å². The van der Waals surface area contributed by atoms with Gasteiger partial charge in [-0.25, -0.2) is 0 Å². The highest BCUT2D eigenvalue weighted by Gasteiger charge is 2.24. The van der Waals surface area contributed by atoms with Crippen LogP contribution in [0.5, 0.6) is 5.75 Å². The monoisotopic (exact) mass is 329 g/mol. The van der Waals surface area contributed by atoms with Crippen molar-refractivity contribution in [2.45, 2.75) is 26.4 Å². The van der Waals surface area contributed by atoms with E-state index in [1.165, 1.54) is 4.90 Å². The zero-order valence-corrected chi connectivity index (χ0v) is 13.8. The highest BCUT2D eigenvalue weighted by Crippen LogP contribution is 2.32. The molecule has 2 amide bonds. The lowest BCUT2D eigenvalue weighted by Crippen LogP contribution is -2.36. The fourth-order valence-corrected chi connectivity index (χ4v) is 2.60. The Morgan fingerprint density at radius 1 is 1.46 bits per heavy atom. The molecule has 2 heterocycles. The molecule has 0 spiro atoms. The summed E-state index contributed by atoms with van der Waals surface area (Å²) in [6.45, 7) is 4.58. The van der Waals surface area contributed by atoms with Gasteiger partial charge in [0.25, 0.3) is 11.8 Å². The van der Waals surface area contributed by atoms with Gasteiger partial charge in [0.05, 0.1) is 11.7 Å². The number of fused-ring (bicyclic) bond motifs is 1. The third-order valence-electron chi connectivity index (χ3n) is 4.03. The summed E-state index contributed by atoms with van der Waals surface area (Å²) in [5.41, 5.74) is 1.04. The topological polar surface area (TPSA) is 89.4 Å². The van der Waals surface area contributed by atoms with Gasteiger partial charge in [0.2, 0.25) is 0 Å². The molecule has 3 rings (SSSR count). The number of ether oxygens (including phenoxy) is 1. The minimum absolute atomic E-state index is 0.0127. The molecule has 1 aromatic heterocycles. The second-order valence-electron chi connectivity index (χ2n) is 5.59. The van der Waals surface area contributed by atoms with Crippen molar-refractivity contribution in [3.8, 4) is 5.75 Å². The normalized spacial score (nSPS) is 14.8. The van der Waals surface area contributed by atoms with Crippen molar-refractivity contribution in [3.63, 3.8) is 0 Å². The van der Waals surface area contributed by atoms with Crippen LogP contribution in [0.15, 0.2) is 24.5 Å². The number of amides is 2. The Bertz CT molecular complexity index is 786. The number of benzene rings is 1. The van der Waals surface area contributed by atoms with Crippen molar-refractivity contribution in [1.82, 2.24) is 20.1 Å². The summed E-state index contributed by atoms with van der Waals surface area (Å²) in [6.07, 6.45) is 1.63. The molecule has 0 saturated carbocycles. The largest absolute Gasteiger partial charge is 0.482 e. The summed E-state index contributed by atoms with van der Waals surface area (Å²) >= 11 is 0. The molecule has 0 saturated heterocycles. The first-order valence-corrected chi connectivity index (χ1v) is 7.73. The lowest BCUT2D eigenvalue weighted by molar-refractivity contribution is -0.120. The molecule has 0 fully saturated rings. The van der Waals surface area contributed by atoms with E-state index >= 15 is 0 Å². The molecule has 126 valence electrons. The van der Waals surface area contributed by atoms with Crippen LogP contribution in [-0.4, -0.2) is 40.2 Å². The molecule has 0 bridgehead atoms. The van der Waals surface area contributed by atoms with Crippen molar-refractivity contribution >= 4 is 17.5 Å². The van der Waals surface area contributed by atoms with Crippen LogP contribution >= 0.6 is 0 Å². The fraction of sp³-hybridized carbons (Fsp3) is 0.375. The van der Waals surface area contributed by atoms with Crippen LogP contribution in [-0.2, 0) is 11.3 Å². The third kappa shape index (κ3) is 2.82. The highest BCUT2D eigenvalue weighted by molar-refractivity contribution is 6.01. The zero-order chi connectivity index (χ0) is 17.3. The quantitative estimate of drug-likeness (QED) is 0.909. The number of hydrogen-bond donors (Lipinski definition) is 1. The van der Waals surface area contributed by atoms with Gasteiger partial charge in [-0.3, -0.25) is 9.59 Å². The maximum absolute atomic E-state index is 12.5. The summed E-state index contributed by atoms with van der Waals surface area (Å²) in [7, 11) is 1.66. The molecule has 2 aromatic rings. The minimum Gasteiger partial charge on any atom is -0.482 e. The smallest absolute Gasteiger partial charge is 0.264 e. The molecule has 1 N–H and O–H groups in total. The number of rotatable bonds is 4. The molecular weight excluding hydrogens is 310 g/mol. The molecule has 0 radical (unpaired) electrons. The van der Waals surface area contributed by atoms with Gasteiger partial charge < -0.3 is 19.5 Å². The van der Waals surface area contributed by atoms with Gasteiger partial charge in [0.1, 0.15) is 12.1 Å². The van der Waals surface area contributed by atoms with E-state index in [9.17, 15) is 9.59 Å². The number of aromatic nitrogens is 3. The van der Waals surface area contributed by atoms with Crippen molar-refractivity contribution < 1.29 is 14.3 Å². The van der Waals surface area contributed by atoms with Crippen molar-refractivity contribution in [2.75, 3.05) is 18.6 Å². The lowest BCUT2D eigenvalue weighted by atomic mass is 10.1. The summed E-state index contributed by atoms with van der Waals surface area (Å²) < 4.78 is 7.24. The van der Waals surface area contributed by atoms with Crippen LogP contribution in [0.2, 0.25) is 0 Å². The molecular formula is C16H19N5O3. The van der Waals surface area contributed by atoms with Crippen LogP contribution < -0.4 is 15.0 Å². The van der Waals surface area contributed by atoms with Crippen LogP contribution in [0, 0.1) is 0 Å². The molecule has 8 nitrogen and oxygen atoms in total. The van der Waals surface area contributed by atoms with E-state index in [1.807, 2.05) is 18.4 Å². The zero-order valence-electron chi connectivity index (χ0n) is 13.8. The Labute approximate surface area is 139 Å². The van der Waals surface area contributed by atoms with Crippen molar-refractivity contribution in [3.05, 3.63) is 35.9 Å². The van der Waals surface area contributed by atoms with E-state index in [4.69, 9.17) is 4.74 Å². The molecule has 1 aliphatic rings. The fourth-order valence-electron chi connectivity index (χ4n) is 2.60. The van der Waals surface area contributed by atoms with Gasteiger partial charge in [0.15, 0.2) is 12.4 Å². The molecule has 8 heteroatoms. The van der Waals surface area contributed by atoms with Crippen LogP contribution in [0.25, 0.3) is 0 Å². The standard InChI is InChI=1S/C16H19N5O3/c1-4-21-9-17-19-15(21)10(2)18-16(23)11-5-6-13-12(7-11)20(3)14(22)8-24-13/h5-7,9-10H,4,8H2,1-3H3,(H,18,23)/t10-/m0/s1. The minimum atomic E-state index is -0.286. The molecule has 24 heavy (non-hydrogen) atoms. The van der Waals surface area contributed by atoms with Gasteiger partial charge in [-0.1, -0.05) is 0 Å². The Morgan fingerprint density at radius 2 is 2.25 bits per heavy atom. The van der Waals surface area contributed by atoms with E-state index in [0.717, 1.165) is 6.54 Å². The Morgan fingerprint density at radius 3 is 3.00 bits per heavy atom. The third-order valence-corrected chi connectivity index (χ3v) is 4.03. The Hall–Kier alpha value is -2.90. The van der Waals surface area contributed by atoms with Gasteiger partial charge in [-0.15, -0.1) is 10.2 Å². The number of carbonyl (C=O) groups excluding carboxylic acids is 2. The molecule has 0 unspecified atom stereocenters. The lowest BCUT2D eigenvalue weighted by Gasteiger charge is -2.26. The summed E-state index contributed by atoms with van der Waals surface area (Å²) in [5, 5.41) is 10.8. The maximum atomic E-state index is 12.5. The SMILES string of the molecule is CCn1cnnc1[C@H](C)NC(=O)c1ccc2c(c1)N(C)C(=O)CO2. The van der Waals surface area contributed by atoms with Gasteiger partial charge in [-0.05, 0) is 32.0 Å². The number of carbonyl (C=O) groups is 2. The first kappa shape index (κ1) is 16.0. The number of nitrogens with one attached hydrogen (secondary N) is 1. The van der Waals surface area contributed by atoms with Gasteiger partial charge >= 0.3 is 0 Å². The number of likely N-dealkylation sites (N-methyl/N-ethyl adjacent to an activating group) is 1. The molecule has 1 aromatic carbocycles. The van der Waals surface area contributed by atoms with Crippen LogP contribution in [0.1, 0.15) is 36.1 Å². The average Bonchev–Trinajstić information content (AvgIpc) is 3.06. The van der Waals surface area contributed by atoms with E-state index in [-0.39, 0.29) is 24.5 Å². The second kappa shape index (κ2) is 6.31. The first-order chi connectivity index (χ1) is 11.5. The average molecular weight is 329 g/mol. The van der Waals surface area contributed by atoms with E-state index in [1.54, 1.807) is 31.6 Å². The van der Waals surface area contributed by atoms with Crippen LogP contribution in [0.4, 0.5) is 5.69 Å². The van der Waals surface area contributed by atoms with Crippen LogP contribution in [0.3, 0.4) is 0 Å². The second-order valence-corrected chi connectivity index (χ2v) is 5.59. The van der Waals surface area contributed by atoms with Gasteiger partial charge in [-0.2, -0.15) is 0 Å². The highest BCUT2D eigenvalue weighted by atomic mass is 16.5. The summed E-state index contributed by atoms with van der Waals surface area (Å²) in [6, 6.07) is 4.74.